The van der Waals surface area contributed by atoms with Gasteiger partial charge >= 0.3 is 5.97 Å². The number of carbonyl (C=O) groups is 1. The van der Waals surface area contributed by atoms with Gasteiger partial charge in [0.15, 0.2) is 5.96 Å². The van der Waals surface area contributed by atoms with E-state index < -0.39 is 0 Å². The number of hydrogen-bond acceptors (Lipinski definition) is 5. The quantitative estimate of drug-likeness (QED) is 0.271. The van der Waals surface area contributed by atoms with Crippen LogP contribution in [0.25, 0.3) is 0 Å². The molecule has 0 radical (unpaired) electrons. The van der Waals surface area contributed by atoms with E-state index in [1.807, 2.05) is 25.3 Å². The largest absolute Gasteiger partial charge is 0.466 e. The molecular formula is C21H35IN4O2S. The lowest BCUT2D eigenvalue weighted by Crippen LogP contribution is -2.49. The van der Waals surface area contributed by atoms with E-state index in [2.05, 4.69) is 44.7 Å². The monoisotopic (exact) mass is 534 g/mol. The number of piperidine rings is 2. The summed E-state index contributed by atoms with van der Waals surface area (Å²) >= 11 is 1.86. The maximum atomic E-state index is 12.0. The van der Waals surface area contributed by atoms with Gasteiger partial charge in [-0.25, -0.2) is 0 Å². The number of rotatable bonds is 5. The van der Waals surface area contributed by atoms with Crippen molar-refractivity contribution in [3.63, 3.8) is 0 Å². The van der Waals surface area contributed by atoms with Crippen molar-refractivity contribution in [2.24, 2.45) is 16.8 Å². The molecule has 2 aliphatic rings. The number of halogens is 1. The third-order valence-corrected chi connectivity index (χ3v) is 6.93. The number of nitrogens with zero attached hydrogens (tertiary/aromatic N) is 3. The lowest BCUT2D eigenvalue weighted by molar-refractivity contribution is -0.149. The summed E-state index contributed by atoms with van der Waals surface area (Å²) in [6.45, 7) is 6.12. The van der Waals surface area contributed by atoms with Crippen LogP contribution in [0, 0.1) is 11.8 Å². The van der Waals surface area contributed by atoms with Gasteiger partial charge in [0.2, 0.25) is 0 Å². The zero-order valence-corrected chi connectivity index (χ0v) is 20.9. The molecule has 2 saturated heterocycles. The zero-order valence-electron chi connectivity index (χ0n) is 17.8. The molecule has 164 valence electrons. The highest BCUT2D eigenvalue weighted by Gasteiger charge is 2.32. The highest BCUT2D eigenvalue weighted by molar-refractivity contribution is 14.0. The number of likely N-dealkylation sites (tertiary alicyclic amines) is 2. The molecule has 1 aromatic rings. The van der Waals surface area contributed by atoms with Crippen LogP contribution in [0.1, 0.15) is 43.5 Å². The Kier molecular flexibility index (Phi) is 10.2. The van der Waals surface area contributed by atoms with E-state index in [9.17, 15) is 4.79 Å². The first-order chi connectivity index (χ1) is 13.6. The van der Waals surface area contributed by atoms with Gasteiger partial charge in [-0.15, -0.1) is 35.3 Å². The Bertz CT molecular complexity index is 647. The fraction of sp³-hybridized carbons (Fsp3) is 0.714. The third-order valence-electron chi connectivity index (χ3n) is 5.99. The molecule has 2 fully saturated rings. The first kappa shape index (κ1) is 24.4. The standard InChI is InChI=1S/C21H34N4O2S.HI/c1-4-27-20(26)16-9-12-25(13-10-16)21(22-2)23-15-17-7-5-11-24(3)19(17)18-8-6-14-28-18;/h6,8,14,16-17,19H,4-5,7,9-13,15H2,1-3H3,(H,22,23);1H. The lowest BCUT2D eigenvalue weighted by Gasteiger charge is -2.40. The third kappa shape index (κ3) is 6.30. The van der Waals surface area contributed by atoms with E-state index in [0.29, 0.717) is 18.6 Å². The van der Waals surface area contributed by atoms with E-state index >= 15 is 0 Å². The number of aliphatic imine (C=N–C) groups is 1. The van der Waals surface area contributed by atoms with Crippen LogP contribution < -0.4 is 5.32 Å². The SMILES string of the molecule is CCOC(=O)C1CCN(C(=NC)NCC2CCCN(C)C2c2cccs2)CC1.I. The number of ether oxygens (including phenoxy) is 1. The van der Waals surface area contributed by atoms with Crippen molar-refractivity contribution in [3.8, 4) is 0 Å². The van der Waals surface area contributed by atoms with E-state index in [1.165, 1.54) is 17.7 Å². The normalized spacial score (nSPS) is 24.1. The van der Waals surface area contributed by atoms with Gasteiger partial charge < -0.3 is 15.0 Å². The van der Waals surface area contributed by atoms with Crippen molar-refractivity contribution < 1.29 is 9.53 Å². The Labute approximate surface area is 196 Å². The van der Waals surface area contributed by atoms with Crippen LogP contribution in [0.2, 0.25) is 0 Å². The summed E-state index contributed by atoms with van der Waals surface area (Å²) in [7, 11) is 4.09. The molecule has 2 atom stereocenters. The number of esters is 1. The van der Waals surface area contributed by atoms with Crippen molar-refractivity contribution in [2.45, 2.75) is 38.6 Å². The average molecular weight is 535 g/mol. The Morgan fingerprint density at radius 2 is 2.07 bits per heavy atom. The number of guanidine groups is 1. The molecule has 0 bridgehead atoms. The Morgan fingerprint density at radius 3 is 2.69 bits per heavy atom. The van der Waals surface area contributed by atoms with Gasteiger partial charge in [-0.1, -0.05) is 6.07 Å². The molecule has 0 saturated carbocycles. The molecule has 8 heteroatoms. The van der Waals surface area contributed by atoms with Crippen LogP contribution in [-0.2, 0) is 9.53 Å². The molecule has 0 aliphatic carbocycles. The van der Waals surface area contributed by atoms with E-state index in [1.54, 1.807) is 0 Å². The van der Waals surface area contributed by atoms with Crippen LogP contribution in [0.3, 0.4) is 0 Å². The lowest BCUT2D eigenvalue weighted by atomic mass is 9.88. The minimum atomic E-state index is -0.0471. The summed E-state index contributed by atoms with van der Waals surface area (Å²) in [6, 6.07) is 4.90. The zero-order chi connectivity index (χ0) is 19.9. The van der Waals surface area contributed by atoms with Crippen molar-refractivity contribution in [1.29, 1.82) is 0 Å². The van der Waals surface area contributed by atoms with Gasteiger partial charge in [0.05, 0.1) is 12.5 Å². The second kappa shape index (κ2) is 12.1. The average Bonchev–Trinajstić information content (AvgIpc) is 3.23. The van der Waals surface area contributed by atoms with Crippen LogP contribution in [0.5, 0.6) is 0 Å². The smallest absolute Gasteiger partial charge is 0.309 e. The minimum absolute atomic E-state index is 0. The number of thiophene rings is 1. The van der Waals surface area contributed by atoms with Gasteiger partial charge in [0.25, 0.3) is 0 Å². The molecule has 3 heterocycles. The summed E-state index contributed by atoms with van der Waals surface area (Å²) in [5, 5.41) is 5.80. The van der Waals surface area contributed by atoms with Crippen molar-refractivity contribution in [1.82, 2.24) is 15.1 Å². The number of nitrogens with one attached hydrogen (secondary N) is 1. The first-order valence-electron chi connectivity index (χ1n) is 10.5. The molecule has 2 unspecified atom stereocenters. The Hall–Kier alpha value is -0.870. The van der Waals surface area contributed by atoms with Crippen molar-refractivity contribution >= 4 is 47.2 Å². The molecular weight excluding hydrogens is 499 g/mol. The predicted molar refractivity (Wildman–Crippen MR) is 130 cm³/mol. The highest BCUT2D eigenvalue weighted by atomic mass is 127. The molecule has 6 nitrogen and oxygen atoms in total. The van der Waals surface area contributed by atoms with E-state index in [0.717, 1.165) is 45.0 Å². The molecule has 29 heavy (non-hydrogen) atoms. The molecule has 1 N–H and O–H groups in total. The summed E-state index contributed by atoms with van der Waals surface area (Å²) in [5.41, 5.74) is 0. The number of hydrogen-bond donors (Lipinski definition) is 1. The maximum absolute atomic E-state index is 12.0. The summed E-state index contributed by atoms with van der Waals surface area (Å²) in [5.74, 6) is 1.52. The second-order valence-corrected chi connectivity index (χ2v) is 8.76. The Balaban J connectivity index is 0.00000300. The molecule has 2 aliphatic heterocycles. The van der Waals surface area contributed by atoms with Gasteiger partial charge in [-0.2, -0.15) is 0 Å². The maximum Gasteiger partial charge on any atom is 0.309 e. The summed E-state index contributed by atoms with van der Waals surface area (Å²) in [4.78, 5) is 22.7. The number of carbonyl (C=O) groups excluding carboxylic acids is 1. The fourth-order valence-electron chi connectivity index (χ4n) is 4.52. The van der Waals surface area contributed by atoms with Crippen molar-refractivity contribution in [3.05, 3.63) is 22.4 Å². The van der Waals surface area contributed by atoms with Crippen LogP contribution in [0.15, 0.2) is 22.5 Å². The summed E-state index contributed by atoms with van der Waals surface area (Å²) < 4.78 is 5.18. The first-order valence-corrected chi connectivity index (χ1v) is 11.4. The minimum Gasteiger partial charge on any atom is -0.466 e. The van der Waals surface area contributed by atoms with Crippen molar-refractivity contribution in [2.75, 3.05) is 46.9 Å². The van der Waals surface area contributed by atoms with Gasteiger partial charge in [-0.3, -0.25) is 14.7 Å². The van der Waals surface area contributed by atoms with Crippen LogP contribution >= 0.6 is 35.3 Å². The van der Waals surface area contributed by atoms with E-state index in [4.69, 9.17) is 4.74 Å². The Morgan fingerprint density at radius 1 is 1.31 bits per heavy atom. The van der Waals surface area contributed by atoms with Gasteiger partial charge in [0, 0.05) is 37.6 Å². The molecule has 1 aromatic heterocycles. The van der Waals surface area contributed by atoms with E-state index in [-0.39, 0.29) is 35.9 Å². The predicted octanol–water partition coefficient (Wildman–Crippen LogP) is 3.60. The van der Waals surface area contributed by atoms with Crippen LogP contribution in [-0.4, -0.2) is 68.6 Å². The fourth-order valence-corrected chi connectivity index (χ4v) is 5.51. The molecule has 0 spiro atoms. The van der Waals surface area contributed by atoms with Crippen LogP contribution in [0.4, 0.5) is 0 Å². The molecule has 0 amide bonds. The topological polar surface area (TPSA) is 57.2 Å². The molecule has 3 rings (SSSR count). The van der Waals surface area contributed by atoms with Gasteiger partial charge in [-0.05, 0) is 63.6 Å². The highest BCUT2D eigenvalue weighted by Crippen LogP contribution is 2.36. The van der Waals surface area contributed by atoms with Gasteiger partial charge in [0.1, 0.15) is 0 Å². The second-order valence-electron chi connectivity index (χ2n) is 7.78. The summed E-state index contributed by atoms with van der Waals surface area (Å²) in [6.07, 6.45) is 4.16. The molecule has 0 aromatic carbocycles.